The van der Waals surface area contributed by atoms with Crippen LogP contribution in [0.15, 0.2) is 17.5 Å². The van der Waals surface area contributed by atoms with Crippen LogP contribution in [0.5, 0.6) is 0 Å². The molecule has 3 rings (SSSR count). The summed E-state index contributed by atoms with van der Waals surface area (Å²) in [7, 11) is 0. The van der Waals surface area contributed by atoms with Gasteiger partial charge in [-0.05, 0) is 36.6 Å². The first-order chi connectivity index (χ1) is 9.66. The van der Waals surface area contributed by atoms with Crippen LogP contribution < -0.4 is 0 Å². The first-order valence-corrected chi connectivity index (χ1v) is 8.77. The van der Waals surface area contributed by atoms with Gasteiger partial charge < -0.3 is 10.0 Å². The topological polar surface area (TPSA) is 57.6 Å². The predicted molar refractivity (Wildman–Crippen MR) is 79.9 cm³/mol. The number of thioether (sulfide) groups is 1. The highest BCUT2D eigenvalue weighted by Crippen LogP contribution is 2.45. The van der Waals surface area contributed by atoms with Gasteiger partial charge in [0.25, 0.3) is 0 Å². The van der Waals surface area contributed by atoms with Gasteiger partial charge in [0.05, 0.1) is 5.37 Å². The quantitative estimate of drug-likeness (QED) is 0.907. The van der Waals surface area contributed by atoms with Crippen LogP contribution in [-0.2, 0) is 16.0 Å². The van der Waals surface area contributed by atoms with Crippen LogP contribution in [0.1, 0.15) is 24.1 Å². The van der Waals surface area contributed by atoms with E-state index < -0.39 is 12.0 Å². The Labute approximate surface area is 126 Å². The number of rotatable bonds is 5. The normalized spacial score (nSPS) is 25.9. The van der Waals surface area contributed by atoms with E-state index in [0.29, 0.717) is 24.5 Å². The maximum absolute atomic E-state index is 12.5. The van der Waals surface area contributed by atoms with Crippen molar-refractivity contribution in [3.8, 4) is 0 Å². The summed E-state index contributed by atoms with van der Waals surface area (Å²) in [6.07, 6.45) is 3.37. The summed E-state index contributed by atoms with van der Waals surface area (Å²) in [5, 5.41) is 11.4. The molecule has 2 aliphatic rings. The fraction of sp³-hybridized carbons (Fsp3) is 0.571. The van der Waals surface area contributed by atoms with Crippen molar-refractivity contribution in [2.75, 3.05) is 5.75 Å². The summed E-state index contributed by atoms with van der Waals surface area (Å²) in [6, 6.07) is 3.36. The van der Waals surface area contributed by atoms with Gasteiger partial charge in [0.1, 0.15) is 6.04 Å². The zero-order valence-electron chi connectivity index (χ0n) is 11.0. The lowest BCUT2D eigenvalue weighted by Gasteiger charge is -2.27. The summed E-state index contributed by atoms with van der Waals surface area (Å²) < 4.78 is 0. The predicted octanol–water partition coefficient (Wildman–Crippen LogP) is 2.45. The van der Waals surface area contributed by atoms with E-state index in [4.69, 9.17) is 0 Å². The molecule has 1 saturated carbocycles. The molecule has 0 spiro atoms. The van der Waals surface area contributed by atoms with E-state index in [1.165, 1.54) is 4.88 Å². The number of aryl methyl sites for hydroxylation is 1. The molecule has 1 amide bonds. The van der Waals surface area contributed by atoms with Crippen LogP contribution in [0.3, 0.4) is 0 Å². The molecule has 4 nitrogen and oxygen atoms in total. The monoisotopic (exact) mass is 311 g/mol. The van der Waals surface area contributed by atoms with Crippen molar-refractivity contribution in [3.63, 3.8) is 0 Å². The van der Waals surface area contributed by atoms with Crippen molar-refractivity contribution >= 4 is 35.0 Å². The molecule has 1 aliphatic heterocycles. The van der Waals surface area contributed by atoms with E-state index in [1.54, 1.807) is 28.0 Å². The third-order valence-corrected chi connectivity index (χ3v) is 6.20. The Morgan fingerprint density at radius 2 is 2.20 bits per heavy atom. The van der Waals surface area contributed by atoms with Gasteiger partial charge in [0.2, 0.25) is 5.91 Å². The number of amides is 1. The molecular formula is C14H17NO3S2. The van der Waals surface area contributed by atoms with Crippen molar-refractivity contribution in [2.45, 2.75) is 37.1 Å². The Kier molecular flexibility index (Phi) is 4.03. The van der Waals surface area contributed by atoms with Crippen LogP contribution in [0.2, 0.25) is 0 Å². The van der Waals surface area contributed by atoms with E-state index in [2.05, 4.69) is 0 Å². The zero-order chi connectivity index (χ0) is 14.1. The lowest BCUT2D eigenvalue weighted by atomic mass is 10.2. The molecule has 2 fully saturated rings. The third-order valence-electron chi connectivity index (χ3n) is 3.80. The zero-order valence-corrected chi connectivity index (χ0v) is 12.7. The van der Waals surface area contributed by atoms with Gasteiger partial charge in [-0.15, -0.1) is 23.1 Å². The fourth-order valence-corrected chi connectivity index (χ4v) is 4.95. The van der Waals surface area contributed by atoms with Crippen molar-refractivity contribution < 1.29 is 14.7 Å². The minimum atomic E-state index is -0.870. The molecule has 108 valence electrons. The van der Waals surface area contributed by atoms with E-state index >= 15 is 0 Å². The summed E-state index contributed by atoms with van der Waals surface area (Å²) >= 11 is 3.28. The second-order valence-corrected chi connectivity index (χ2v) is 7.48. The number of carboxylic acids is 1. The molecule has 2 atom stereocenters. The Morgan fingerprint density at radius 1 is 1.40 bits per heavy atom. The highest BCUT2D eigenvalue weighted by atomic mass is 32.2. The molecule has 1 N–H and O–H groups in total. The first-order valence-electron chi connectivity index (χ1n) is 6.85. The highest BCUT2D eigenvalue weighted by molar-refractivity contribution is 8.00. The Balaban J connectivity index is 1.67. The molecule has 0 bridgehead atoms. The summed E-state index contributed by atoms with van der Waals surface area (Å²) in [4.78, 5) is 26.6. The second-order valence-electron chi connectivity index (χ2n) is 5.30. The third kappa shape index (κ3) is 2.86. The summed E-state index contributed by atoms with van der Waals surface area (Å²) in [6.45, 7) is 0. The number of hydrogen-bond acceptors (Lipinski definition) is 4. The summed E-state index contributed by atoms with van der Waals surface area (Å²) in [5.74, 6) is 0.161. The van der Waals surface area contributed by atoms with Gasteiger partial charge in [-0.25, -0.2) is 4.79 Å². The maximum Gasteiger partial charge on any atom is 0.327 e. The Morgan fingerprint density at radius 3 is 2.80 bits per heavy atom. The fourth-order valence-electron chi connectivity index (χ4n) is 2.59. The molecule has 0 radical (unpaired) electrons. The first kappa shape index (κ1) is 13.9. The van der Waals surface area contributed by atoms with Crippen molar-refractivity contribution in [3.05, 3.63) is 22.4 Å². The molecule has 1 saturated heterocycles. The van der Waals surface area contributed by atoms with Crippen LogP contribution in [0, 0.1) is 5.92 Å². The van der Waals surface area contributed by atoms with Crippen LogP contribution in [-0.4, -0.2) is 39.1 Å². The molecule has 1 aliphatic carbocycles. The second kappa shape index (κ2) is 5.77. The van der Waals surface area contributed by atoms with Gasteiger partial charge >= 0.3 is 5.97 Å². The van der Waals surface area contributed by atoms with Crippen molar-refractivity contribution in [1.29, 1.82) is 0 Å². The number of thiophene rings is 1. The van der Waals surface area contributed by atoms with Crippen LogP contribution >= 0.6 is 23.1 Å². The van der Waals surface area contributed by atoms with Gasteiger partial charge in [-0.3, -0.25) is 4.79 Å². The molecule has 20 heavy (non-hydrogen) atoms. The van der Waals surface area contributed by atoms with E-state index in [-0.39, 0.29) is 11.3 Å². The largest absolute Gasteiger partial charge is 0.480 e. The molecule has 0 aromatic carbocycles. The van der Waals surface area contributed by atoms with E-state index in [1.807, 2.05) is 17.5 Å². The van der Waals surface area contributed by atoms with E-state index in [0.717, 1.165) is 12.8 Å². The smallest absolute Gasteiger partial charge is 0.327 e. The minimum Gasteiger partial charge on any atom is -0.480 e. The van der Waals surface area contributed by atoms with E-state index in [9.17, 15) is 14.7 Å². The number of hydrogen-bond donors (Lipinski definition) is 1. The molecular weight excluding hydrogens is 294 g/mol. The maximum atomic E-state index is 12.5. The molecule has 2 unspecified atom stereocenters. The lowest BCUT2D eigenvalue weighted by Crippen LogP contribution is -2.46. The van der Waals surface area contributed by atoms with Crippen molar-refractivity contribution in [2.24, 2.45) is 5.92 Å². The standard InChI is InChI=1S/C14H17NO3S2/c16-12(6-5-10-2-1-7-19-10)15-11(14(17)18)8-20-13(15)9-3-4-9/h1-2,7,9,11,13H,3-6,8H2,(H,17,18). The van der Waals surface area contributed by atoms with Gasteiger partial charge in [-0.2, -0.15) is 0 Å². The van der Waals surface area contributed by atoms with Gasteiger partial charge in [0.15, 0.2) is 0 Å². The van der Waals surface area contributed by atoms with Gasteiger partial charge in [0, 0.05) is 17.1 Å². The number of carboxylic acid groups (broad SMARTS) is 1. The minimum absolute atomic E-state index is 0.00676. The van der Waals surface area contributed by atoms with Gasteiger partial charge in [-0.1, -0.05) is 6.07 Å². The number of carbonyl (C=O) groups excluding carboxylic acids is 1. The number of aliphatic carboxylic acids is 1. The molecule has 1 aromatic heterocycles. The Hall–Kier alpha value is -1.01. The number of nitrogens with zero attached hydrogens (tertiary/aromatic N) is 1. The van der Waals surface area contributed by atoms with Crippen molar-refractivity contribution in [1.82, 2.24) is 4.90 Å². The number of carbonyl (C=O) groups is 2. The lowest BCUT2D eigenvalue weighted by molar-refractivity contribution is -0.149. The summed E-state index contributed by atoms with van der Waals surface area (Å²) in [5.41, 5.74) is 0. The van der Waals surface area contributed by atoms with Crippen LogP contribution in [0.25, 0.3) is 0 Å². The Bertz CT molecular complexity index is 499. The SMILES string of the molecule is O=C(O)C1CSC(C2CC2)N1C(=O)CCc1cccs1. The molecule has 6 heteroatoms. The highest BCUT2D eigenvalue weighted by Gasteiger charge is 2.47. The molecule has 1 aromatic rings. The van der Waals surface area contributed by atoms with Crippen LogP contribution in [0.4, 0.5) is 0 Å². The molecule has 2 heterocycles. The average Bonchev–Trinajstić information content (AvgIpc) is 2.97. The average molecular weight is 311 g/mol.